The maximum atomic E-state index is 12.5. The second kappa shape index (κ2) is 7.35. The third-order valence-electron chi connectivity index (χ3n) is 5.96. The van der Waals surface area contributed by atoms with Gasteiger partial charge in [-0.1, -0.05) is 17.7 Å². The van der Waals surface area contributed by atoms with Gasteiger partial charge in [-0.2, -0.15) is 0 Å². The number of phenols is 1. The summed E-state index contributed by atoms with van der Waals surface area (Å²) in [6.45, 7) is 6.61. The van der Waals surface area contributed by atoms with E-state index in [-0.39, 0.29) is 17.6 Å². The zero-order chi connectivity index (χ0) is 19.0. The number of nitrogens with zero attached hydrogens (tertiary/aromatic N) is 1. The van der Waals surface area contributed by atoms with Crippen molar-refractivity contribution in [1.29, 1.82) is 0 Å². The lowest BCUT2D eigenvalue weighted by Crippen LogP contribution is -2.30. The van der Waals surface area contributed by atoms with Gasteiger partial charge in [-0.15, -0.1) is 0 Å². The largest absolute Gasteiger partial charge is 0.508 e. The molecule has 1 saturated carbocycles. The minimum atomic E-state index is 0.123. The normalized spacial score (nSPS) is 24.7. The van der Waals surface area contributed by atoms with Gasteiger partial charge in [0.1, 0.15) is 11.5 Å². The predicted molar refractivity (Wildman–Crippen MR) is 105 cm³/mol. The van der Waals surface area contributed by atoms with Crippen molar-refractivity contribution in [3.05, 3.63) is 59.2 Å². The Morgan fingerprint density at radius 1 is 1.07 bits per heavy atom. The van der Waals surface area contributed by atoms with Gasteiger partial charge in [0.05, 0.1) is 12.6 Å². The fourth-order valence-electron chi connectivity index (χ4n) is 4.62. The Balaban J connectivity index is 1.30. The molecule has 2 aromatic rings. The molecule has 0 amide bonds. The molecule has 1 saturated heterocycles. The van der Waals surface area contributed by atoms with Gasteiger partial charge in [0.2, 0.25) is 0 Å². The summed E-state index contributed by atoms with van der Waals surface area (Å²) < 4.78 is 6.29. The standard InChI is InChI=1S/C23H27NO3/c1-15-3-8-23(16(2)9-15)27-21-10-18-12-24(13-19(18)11-21)14-22(26)17-4-6-20(25)7-5-17/h3-9,18-19,21,25H,10-14H2,1-2H3/t18-,19+,21?. The van der Waals surface area contributed by atoms with Crippen molar-refractivity contribution in [2.24, 2.45) is 11.8 Å². The smallest absolute Gasteiger partial charge is 0.176 e. The molecule has 3 atom stereocenters. The summed E-state index contributed by atoms with van der Waals surface area (Å²) >= 11 is 0. The molecular weight excluding hydrogens is 338 g/mol. The first-order valence-corrected chi connectivity index (χ1v) is 9.76. The fraction of sp³-hybridized carbons (Fsp3) is 0.435. The monoisotopic (exact) mass is 365 g/mol. The molecule has 0 spiro atoms. The minimum absolute atomic E-state index is 0.123. The van der Waals surface area contributed by atoms with E-state index in [1.54, 1.807) is 24.3 Å². The van der Waals surface area contributed by atoms with E-state index in [2.05, 4.69) is 36.9 Å². The number of Topliss-reactive ketones (excluding diaryl/α,β-unsaturated/α-hetero) is 1. The molecule has 1 N–H and O–H groups in total. The van der Waals surface area contributed by atoms with E-state index in [0.717, 1.165) is 31.7 Å². The Morgan fingerprint density at radius 2 is 1.74 bits per heavy atom. The van der Waals surface area contributed by atoms with Crippen LogP contribution in [-0.4, -0.2) is 41.5 Å². The van der Waals surface area contributed by atoms with Gasteiger partial charge in [0.25, 0.3) is 0 Å². The van der Waals surface area contributed by atoms with Crippen molar-refractivity contribution >= 4 is 5.78 Å². The molecule has 142 valence electrons. The van der Waals surface area contributed by atoms with Gasteiger partial charge in [-0.3, -0.25) is 9.69 Å². The SMILES string of the molecule is Cc1ccc(OC2C[C@@H]3CN(CC(=O)c4ccc(O)cc4)C[C@@H]3C2)c(C)c1. The Kier molecular flexibility index (Phi) is 4.92. The predicted octanol–water partition coefficient (Wildman–Crippen LogP) is 3.98. The van der Waals surface area contributed by atoms with Crippen LogP contribution in [0.25, 0.3) is 0 Å². The average molecular weight is 365 g/mol. The molecule has 0 radical (unpaired) electrons. The second-order valence-electron chi connectivity index (χ2n) is 8.16. The summed E-state index contributed by atoms with van der Waals surface area (Å²) in [5.41, 5.74) is 3.13. The molecule has 0 bridgehead atoms. The highest BCUT2D eigenvalue weighted by Crippen LogP contribution is 2.40. The van der Waals surface area contributed by atoms with E-state index < -0.39 is 0 Å². The number of aryl methyl sites for hydroxylation is 2. The molecule has 4 rings (SSSR count). The Labute approximate surface area is 160 Å². The van der Waals surface area contributed by atoms with Crippen LogP contribution in [0, 0.1) is 25.7 Å². The number of benzene rings is 2. The highest BCUT2D eigenvalue weighted by molar-refractivity contribution is 5.97. The lowest BCUT2D eigenvalue weighted by Gasteiger charge is -2.20. The summed E-state index contributed by atoms with van der Waals surface area (Å²) in [6, 6.07) is 12.9. The zero-order valence-corrected chi connectivity index (χ0v) is 16.0. The van der Waals surface area contributed by atoms with Gasteiger partial charge in [0, 0.05) is 18.7 Å². The summed E-state index contributed by atoms with van der Waals surface area (Å²) in [5, 5.41) is 9.36. The molecule has 27 heavy (non-hydrogen) atoms. The number of hydrogen-bond donors (Lipinski definition) is 1. The number of likely N-dealkylation sites (tertiary alicyclic amines) is 1. The maximum Gasteiger partial charge on any atom is 0.176 e. The van der Waals surface area contributed by atoms with Crippen molar-refractivity contribution in [3.63, 3.8) is 0 Å². The summed E-state index contributed by atoms with van der Waals surface area (Å²) in [4.78, 5) is 14.7. The van der Waals surface area contributed by atoms with Crippen molar-refractivity contribution in [1.82, 2.24) is 4.90 Å². The van der Waals surface area contributed by atoms with Crippen LogP contribution in [0.15, 0.2) is 42.5 Å². The van der Waals surface area contributed by atoms with Crippen molar-refractivity contribution < 1.29 is 14.6 Å². The van der Waals surface area contributed by atoms with Gasteiger partial charge in [-0.05, 0) is 74.4 Å². The average Bonchev–Trinajstić information content (AvgIpc) is 3.15. The number of fused-ring (bicyclic) bond motifs is 1. The number of hydrogen-bond acceptors (Lipinski definition) is 4. The van der Waals surface area contributed by atoms with E-state index in [9.17, 15) is 9.90 Å². The van der Waals surface area contributed by atoms with Crippen molar-refractivity contribution in [3.8, 4) is 11.5 Å². The maximum absolute atomic E-state index is 12.5. The molecular formula is C23H27NO3. The van der Waals surface area contributed by atoms with Gasteiger partial charge < -0.3 is 9.84 Å². The van der Waals surface area contributed by atoms with Crippen LogP contribution in [0.2, 0.25) is 0 Å². The Morgan fingerprint density at radius 3 is 2.37 bits per heavy atom. The molecule has 1 aliphatic heterocycles. The summed E-state index contributed by atoms with van der Waals surface area (Å²) in [7, 11) is 0. The first-order valence-electron chi connectivity index (χ1n) is 9.76. The van der Waals surface area contributed by atoms with Crippen LogP contribution < -0.4 is 4.74 Å². The van der Waals surface area contributed by atoms with E-state index in [4.69, 9.17) is 4.74 Å². The highest BCUT2D eigenvalue weighted by Gasteiger charge is 2.42. The molecule has 1 unspecified atom stereocenters. The van der Waals surface area contributed by atoms with Crippen LogP contribution in [-0.2, 0) is 0 Å². The van der Waals surface area contributed by atoms with Gasteiger partial charge in [-0.25, -0.2) is 0 Å². The van der Waals surface area contributed by atoms with E-state index in [0.29, 0.717) is 23.9 Å². The van der Waals surface area contributed by atoms with Crippen LogP contribution >= 0.6 is 0 Å². The third kappa shape index (κ3) is 4.01. The number of rotatable bonds is 5. The number of carbonyl (C=O) groups excluding carboxylic acids is 1. The quantitative estimate of drug-likeness (QED) is 0.814. The molecule has 1 heterocycles. The topological polar surface area (TPSA) is 49.8 Å². The van der Waals surface area contributed by atoms with Crippen LogP contribution in [0.3, 0.4) is 0 Å². The highest BCUT2D eigenvalue weighted by atomic mass is 16.5. The van der Waals surface area contributed by atoms with E-state index in [1.807, 2.05) is 0 Å². The van der Waals surface area contributed by atoms with E-state index >= 15 is 0 Å². The van der Waals surface area contributed by atoms with Gasteiger partial charge in [0.15, 0.2) is 5.78 Å². The fourth-order valence-corrected chi connectivity index (χ4v) is 4.62. The molecule has 0 aromatic heterocycles. The molecule has 1 aliphatic carbocycles. The number of carbonyl (C=O) groups is 1. The lowest BCUT2D eigenvalue weighted by atomic mass is 10.0. The van der Waals surface area contributed by atoms with Crippen LogP contribution in [0.4, 0.5) is 0 Å². The molecule has 4 nitrogen and oxygen atoms in total. The number of ketones is 1. The first kappa shape index (κ1) is 18.1. The Hall–Kier alpha value is -2.33. The molecule has 4 heteroatoms. The molecule has 2 aliphatic rings. The summed E-state index contributed by atoms with van der Waals surface area (Å²) in [5.74, 6) is 2.56. The van der Waals surface area contributed by atoms with E-state index in [1.165, 1.54) is 11.1 Å². The first-order chi connectivity index (χ1) is 13.0. The second-order valence-corrected chi connectivity index (χ2v) is 8.16. The number of phenolic OH excluding ortho intramolecular Hbond substituents is 1. The van der Waals surface area contributed by atoms with Crippen LogP contribution in [0.5, 0.6) is 11.5 Å². The molecule has 2 fully saturated rings. The minimum Gasteiger partial charge on any atom is -0.508 e. The van der Waals surface area contributed by atoms with Crippen LogP contribution in [0.1, 0.15) is 34.3 Å². The van der Waals surface area contributed by atoms with Crippen molar-refractivity contribution in [2.75, 3.05) is 19.6 Å². The lowest BCUT2D eigenvalue weighted by molar-refractivity contribution is 0.0936. The van der Waals surface area contributed by atoms with Crippen molar-refractivity contribution in [2.45, 2.75) is 32.8 Å². The zero-order valence-electron chi connectivity index (χ0n) is 16.0. The van der Waals surface area contributed by atoms with Gasteiger partial charge >= 0.3 is 0 Å². The third-order valence-corrected chi connectivity index (χ3v) is 5.96. The Bertz CT molecular complexity index is 816. The number of ether oxygens (including phenoxy) is 1. The summed E-state index contributed by atoms with van der Waals surface area (Å²) in [6.07, 6.45) is 2.43. The molecule has 2 aromatic carbocycles. The number of aromatic hydroxyl groups is 1.